The number of allylic oxidation sites excluding steroid dienone is 3. The highest BCUT2D eigenvalue weighted by molar-refractivity contribution is 5.93. The van der Waals surface area contributed by atoms with Crippen molar-refractivity contribution in [3.63, 3.8) is 0 Å². The molecule has 6 heteroatoms. The van der Waals surface area contributed by atoms with Crippen LogP contribution in [-0.4, -0.2) is 40.0 Å². The minimum atomic E-state index is -1.24. The fourth-order valence-electron chi connectivity index (χ4n) is 3.31. The molecule has 1 aliphatic carbocycles. The lowest BCUT2D eigenvalue weighted by molar-refractivity contribution is -0.178. The first-order valence-electron chi connectivity index (χ1n) is 8.99. The highest BCUT2D eigenvalue weighted by Gasteiger charge is 2.46. The number of carbonyl (C=O) groups is 1. The van der Waals surface area contributed by atoms with Crippen molar-refractivity contribution in [3.05, 3.63) is 54.8 Å². The zero-order valence-corrected chi connectivity index (χ0v) is 16.9. The first kappa shape index (κ1) is 21.6. The molecule has 0 aliphatic heterocycles. The van der Waals surface area contributed by atoms with Gasteiger partial charge in [-0.05, 0) is 18.9 Å². The topological polar surface area (TPSA) is 63.2 Å². The van der Waals surface area contributed by atoms with E-state index < -0.39 is 5.79 Å². The van der Waals surface area contributed by atoms with Crippen LogP contribution in [0.5, 0.6) is 17.2 Å². The van der Waals surface area contributed by atoms with Gasteiger partial charge in [0.25, 0.3) is 5.79 Å². The standard InChI is InChI=1S/C22H28O6/c1-7-9-15-11-19(24-3)20(25-4)13-18(15)28-22(27-6)14-16(10-8-2)17(23)12-21(22)26-5/h7-8,11-13,16H,1-2,9-10,14H2,3-6H3. The summed E-state index contributed by atoms with van der Waals surface area (Å²) in [6.07, 6.45) is 6.30. The highest BCUT2D eigenvalue weighted by Crippen LogP contribution is 2.42. The van der Waals surface area contributed by atoms with E-state index in [2.05, 4.69) is 13.2 Å². The summed E-state index contributed by atoms with van der Waals surface area (Å²) in [5.41, 5.74) is 0.844. The molecule has 0 saturated carbocycles. The van der Waals surface area contributed by atoms with E-state index in [0.29, 0.717) is 42.3 Å². The van der Waals surface area contributed by atoms with E-state index in [0.717, 1.165) is 5.56 Å². The van der Waals surface area contributed by atoms with Gasteiger partial charge >= 0.3 is 0 Å². The van der Waals surface area contributed by atoms with Crippen molar-refractivity contribution >= 4 is 5.78 Å². The van der Waals surface area contributed by atoms with Crippen LogP contribution in [0.4, 0.5) is 0 Å². The van der Waals surface area contributed by atoms with Gasteiger partial charge in [-0.15, -0.1) is 13.2 Å². The molecule has 2 unspecified atom stereocenters. The lowest BCUT2D eigenvalue weighted by atomic mass is 9.85. The smallest absolute Gasteiger partial charge is 0.269 e. The number of benzene rings is 1. The zero-order valence-electron chi connectivity index (χ0n) is 16.9. The molecule has 0 saturated heterocycles. The Balaban J connectivity index is 2.55. The molecule has 0 heterocycles. The Bertz CT molecular complexity index is 767. The largest absolute Gasteiger partial charge is 0.494 e. The normalized spacial score (nSPS) is 21.5. The van der Waals surface area contributed by atoms with Crippen LogP contribution >= 0.6 is 0 Å². The Labute approximate surface area is 166 Å². The lowest BCUT2D eigenvalue weighted by Crippen LogP contribution is -2.47. The number of rotatable bonds is 10. The monoisotopic (exact) mass is 388 g/mol. The van der Waals surface area contributed by atoms with Crippen LogP contribution < -0.4 is 14.2 Å². The number of ether oxygens (including phenoxy) is 5. The number of hydrogen-bond acceptors (Lipinski definition) is 6. The van der Waals surface area contributed by atoms with Crippen molar-refractivity contribution in [1.29, 1.82) is 0 Å². The van der Waals surface area contributed by atoms with E-state index >= 15 is 0 Å². The molecule has 1 aromatic carbocycles. The van der Waals surface area contributed by atoms with Gasteiger partial charge in [-0.3, -0.25) is 4.79 Å². The van der Waals surface area contributed by atoms with E-state index in [9.17, 15) is 4.79 Å². The third-order valence-electron chi connectivity index (χ3n) is 4.77. The lowest BCUT2D eigenvalue weighted by Gasteiger charge is -2.39. The predicted octanol–water partition coefficient (Wildman–Crippen LogP) is 3.85. The van der Waals surface area contributed by atoms with Crippen LogP contribution in [-0.2, 0) is 20.7 Å². The zero-order chi connectivity index (χ0) is 20.7. The van der Waals surface area contributed by atoms with Gasteiger partial charge in [0.15, 0.2) is 23.0 Å². The number of methoxy groups -OCH3 is 4. The number of hydrogen-bond donors (Lipinski definition) is 0. The van der Waals surface area contributed by atoms with Gasteiger partial charge < -0.3 is 23.7 Å². The molecule has 2 atom stereocenters. The molecule has 152 valence electrons. The van der Waals surface area contributed by atoms with E-state index in [-0.39, 0.29) is 11.7 Å². The minimum absolute atomic E-state index is 0.0355. The molecule has 1 aliphatic rings. The average Bonchev–Trinajstić information content (AvgIpc) is 2.71. The molecule has 6 nitrogen and oxygen atoms in total. The quantitative estimate of drug-likeness (QED) is 0.448. The van der Waals surface area contributed by atoms with Crippen molar-refractivity contribution in [2.24, 2.45) is 5.92 Å². The van der Waals surface area contributed by atoms with Crippen LogP contribution in [0.25, 0.3) is 0 Å². The molecule has 0 amide bonds. The summed E-state index contributed by atoms with van der Waals surface area (Å²) in [7, 11) is 6.15. The Kier molecular flexibility index (Phi) is 7.29. The number of carbonyl (C=O) groups excluding carboxylic acids is 1. The maximum absolute atomic E-state index is 12.4. The molecule has 28 heavy (non-hydrogen) atoms. The molecule has 0 fully saturated rings. The summed E-state index contributed by atoms with van der Waals surface area (Å²) in [4.78, 5) is 12.4. The minimum Gasteiger partial charge on any atom is -0.494 e. The number of ketones is 1. The maximum Gasteiger partial charge on any atom is 0.269 e. The van der Waals surface area contributed by atoms with Crippen molar-refractivity contribution in [2.45, 2.75) is 25.0 Å². The molecule has 1 aromatic rings. The molecule has 0 N–H and O–H groups in total. The van der Waals surface area contributed by atoms with Crippen molar-refractivity contribution in [2.75, 3.05) is 28.4 Å². The average molecular weight is 388 g/mol. The Hall–Kier alpha value is -2.73. The van der Waals surface area contributed by atoms with Crippen LogP contribution in [0.3, 0.4) is 0 Å². The molecular formula is C22H28O6. The third-order valence-corrected chi connectivity index (χ3v) is 4.77. The molecule has 2 rings (SSSR count). The van der Waals surface area contributed by atoms with E-state index in [4.69, 9.17) is 23.7 Å². The summed E-state index contributed by atoms with van der Waals surface area (Å²) in [6.45, 7) is 7.55. The van der Waals surface area contributed by atoms with Gasteiger partial charge in [0.2, 0.25) is 0 Å². The van der Waals surface area contributed by atoms with Gasteiger partial charge in [-0.1, -0.05) is 12.2 Å². The van der Waals surface area contributed by atoms with Crippen LogP contribution in [0.2, 0.25) is 0 Å². The Morgan fingerprint density at radius 3 is 2.25 bits per heavy atom. The molecular weight excluding hydrogens is 360 g/mol. The molecule has 0 radical (unpaired) electrons. The van der Waals surface area contributed by atoms with Crippen LogP contribution in [0.1, 0.15) is 18.4 Å². The second-order valence-electron chi connectivity index (χ2n) is 6.41. The predicted molar refractivity (Wildman–Crippen MR) is 107 cm³/mol. The maximum atomic E-state index is 12.4. The van der Waals surface area contributed by atoms with Gasteiger partial charge in [0.05, 0.1) is 21.3 Å². The van der Waals surface area contributed by atoms with E-state index in [1.807, 2.05) is 6.07 Å². The SMILES string of the molecule is C=CCc1cc(OC)c(OC)cc1OC1(OC)CC(CC=C)C(=O)C=C1OC. The van der Waals surface area contributed by atoms with Gasteiger partial charge in [-0.25, -0.2) is 0 Å². The van der Waals surface area contributed by atoms with Crippen LogP contribution in [0.15, 0.2) is 49.3 Å². The van der Waals surface area contributed by atoms with Crippen molar-refractivity contribution < 1.29 is 28.5 Å². The molecule has 0 aromatic heterocycles. The summed E-state index contributed by atoms with van der Waals surface area (Å²) in [6, 6.07) is 3.58. The third kappa shape index (κ3) is 4.22. The van der Waals surface area contributed by atoms with Crippen molar-refractivity contribution in [3.8, 4) is 17.2 Å². The van der Waals surface area contributed by atoms with Gasteiger partial charge in [0, 0.05) is 37.2 Å². The fraction of sp³-hybridized carbons (Fsp3) is 0.409. The Morgan fingerprint density at radius 1 is 1.04 bits per heavy atom. The van der Waals surface area contributed by atoms with Gasteiger partial charge in [0.1, 0.15) is 5.75 Å². The van der Waals surface area contributed by atoms with E-state index in [1.54, 1.807) is 32.4 Å². The second-order valence-corrected chi connectivity index (χ2v) is 6.41. The first-order valence-corrected chi connectivity index (χ1v) is 8.99. The highest BCUT2D eigenvalue weighted by atomic mass is 16.7. The Morgan fingerprint density at radius 2 is 1.71 bits per heavy atom. The molecule has 0 spiro atoms. The second kappa shape index (κ2) is 9.46. The summed E-state index contributed by atoms with van der Waals surface area (Å²) in [5.74, 6) is 0.379. The van der Waals surface area contributed by atoms with Crippen molar-refractivity contribution in [1.82, 2.24) is 0 Å². The summed E-state index contributed by atoms with van der Waals surface area (Å²) < 4.78 is 28.4. The van der Waals surface area contributed by atoms with Crippen LogP contribution in [0, 0.1) is 5.92 Å². The first-order chi connectivity index (χ1) is 13.5. The summed E-state index contributed by atoms with van der Waals surface area (Å²) in [5, 5.41) is 0. The fourth-order valence-corrected chi connectivity index (χ4v) is 3.31. The van der Waals surface area contributed by atoms with Gasteiger partial charge in [-0.2, -0.15) is 0 Å². The van der Waals surface area contributed by atoms with E-state index in [1.165, 1.54) is 20.3 Å². The molecule has 0 bridgehead atoms. The summed E-state index contributed by atoms with van der Waals surface area (Å²) >= 11 is 0.